The van der Waals surface area contributed by atoms with Crippen molar-refractivity contribution in [2.24, 2.45) is 0 Å². The minimum absolute atomic E-state index is 0.0512. The second kappa shape index (κ2) is 11.0. The van der Waals surface area contributed by atoms with E-state index in [0.29, 0.717) is 19.7 Å². The lowest BCUT2D eigenvalue weighted by atomic mass is 10.0. The first-order valence-corrected chi connectivity index (χ1v) is 15.8. The minimum atomic E-state index is -1.09. The second-order valence-electron chi connectivity index (χ2n) is 10.2. The highest BCUT2D eigenvalue weighted by atomic mass is 28.3. The number of piperidine rings is 1. The van der Waals surface area contributed by atoms with Crippen LogP contribution in [0.4, 0.5) is 0 Å². The van der Waals surface area contributed by atoms with Crippen molar-refractivity contribution < 1.29 is 14.3 Å². The number of carbonyl (C=O) groups excluding carboxylic acids is 1. The van der Waals surface area contributed by atoms with Gasteiger partial charge in [0.05, 0.1) is 12.2 Å². The third-order valence-corrected chi connectivity index (χ3v) is 7.73. The van der Waals surface area contributed by atoms with Gasteiger partial charge in [-0.05, 0) is 53.8 Å². The zero-order valence-corrected chi connectivity index (χ0v) is 21.4. The van der Waals surface area contributed by atoms with E-state index in [1.807, 2.05) is 29.1 Å². The molecule has 0 bridgehead atoms. The van der Waals surface area contributed by atoms with Gasteiger partial charge in [0, 0.05) is 27.3 Å². The highest BCUT2D eigenvalue weighted by Crippen LogP contribution is 2.22. The van der Waals surface area contributed by atoms with Gasteiger partial charge in [-0.2, -0.15) is 5.10 Å². The molecule has 1 N–H and O–H groups in total. The summed E-state index contributed by atoms with van der Waals surface area (Å²) in [6.45, 7) is 8.93. The lowest BCUT2D eigenvalue weighted by Crippen LogP contribution is -2.40. The van der Waals surface area contributed by atoms with Gasteiger partial charge in [-0.25, -0.2) is 4.68 Å². The molecule has 2 heterocycles. The summed E-state index contributed by atoms with van der Waals surface area (Å²) in [5.41, 5.74) is 4.70. The summed E-state index contributed by atoms with van der Waals surface area (Å²) in [4.78, 5) is 11.3. The number of rotatable bonds is 10. The second-order valence-corrected chi connectivity index (χ2v) is 15.8. The number of nitrogens with zero attached hydrogens (tertiary/aromatic N) is 2. The Labute approximate surface area is 203 Å². The topological polar surface area (TPSA) is 65.4 Å². The zero-order chi connectivity index (χ0) is 24.0. The Morgan fingerprint density at radius 3 is 2.38 bits per heavy atom. The van der Waals surface area contributed by atoms with Gasteiger partial charge < -0.3 is 14.8 Å². The van der Waals surface area contributed by atoms with Gasteiger partial charge in [0.25, 0.3) is 0 Å². The van der Waals surface area contributed by atoms with Gasteiger partial charge in [-0.1, -0.05) is 56.0 Å². The molecule has 1 aliphatic heterocycles. The Morgan fingerprint density at radius 2 is 1.74 bits per heavy atom. The molecule has 1 aliphatic rings. The Morgan fingerprint density at radius 1 is 1.03 bits per heavy atom. The van der Waals surface area contributed by atoms with E-state index in [4.69, 9.17) is 9.47 Å². The van der Waals surface area contributed by atoms with E-state index in [1.165, 1.54) is 11.1 Å². The van der Waals surface area contributed by atoms with Gasteiger partial charge >= 0.3 is 0 Å². The number of ether oxygens (including phenoxy) is 2. The summed E-state index contributed by atoms with van der Waals surface area (Å²) in [6, 6.07) is 20.1. The van der Waals surface area contributed by atoms with Crippen LogP contribution in [0.1, 0.15) is 24.0 Å². The monoisotopic (exact) mass is 477 g/mol. The summed E-state index contributed by atoms with van der Waals surface area (Å²) in [5, 5.41) is 7.30. The summed E-state index contributed by atoms with van der Waals surface area (Å²) in [7, 11) is -1.09. The van der Waals surface area contributed by atoms with Crippen molar-refractivity contribution in [1.29, 1.82) is 0 Å². The van der Waals surface area contributed by atoms with E-state index in [2.05, 4.69) is 66.5 Å². The number of aromatic nitrogens is 2. The molecule has 0 spiro atoms. The molecule has 0 radical (unpaired) electrons. The van der Waals surface area contributed by atoms with Crippen molar-refractivity contribution in [2.45, 2.75) is 57.8 Å². The van der Waals surface area contributed by atoms with Crippen molar-refractivity contribution >= 4 is 14.0 Å². The van der Waals surface area contributed by atoms with Crippen molar-refractivity contribution in [1.82, 2.24) is 15.1 Å². The molecule has 0 aliphatic carbocycles. The van der Waals surface area contributed by atoms with Crippen LogP contribution < -0.4 is 10.1 Å². The molecule has 2 aromatic carbocycles. The maximum absolute atomic E-state index is 11.3. The van der Waals surface area contributed by atoms with Crippen LogP contribution in [0.5, 0.6) is 5.75 Å². The highest BCUT2D eigenvalue weighted by Gasteiger charge is 2.19. The van der Waals surface area contributed by atoms with Gasteiger partial charge in [0.15, 0.2) is 0 Å². The Kier molecular flexibility index (Phi) is 7.85. The summed E-state index contributed by atoms with van der Waals surface area (Å²) < 4.78 is 13.8. The average Bonchev–Trinajstić information content (AvgIpc) is 3.28. The van der Waals surface area contributed by atoms with E-state index < -0.39 is 8.07 Å². The zero-order valence-electron chi connectivity index (χ0n) is 20.4. The van der Waals surface area contributed by atoms with Crippen LogP contribution in [-0.4, -0.2) is 43.0 Å². The molecule has 1 atom stereocenters. The number of benzene rings is 2. The maximum Gasteiger partial charge on any atom is 0.220 e. The third-order valence-electron chi connectivity index (χ3n) is 6.03. The molecule has 1 amide bonds. The Hall–Kier alpha value is -2.90. The molecule has 1 unspecified atom stereocenters. The first kappa shape index (κ1) is 24.2. The number of hydrogen-bond acceptors (Lipinski definition) is 4. The summed E-state index contributed by atoms with van der Waals surface area (Å²) in [5.74, 6) is 0.956. The maximum atomic E-state index is 11.3. The smallest absolute Gasteiger partial charge is 0.220 e. The molecule has 180 valence electrons. The van der Waals surface area contributed by atoms with E-state index in [0.717, 1.165) is 42.5 Å². The quantitative estimate of drug-likeness (QED) is 0.325. The minimum Gasteiger partial charge on any atom is -0.489 e. The van der Waals surface area contributed by atoms with Crippen LogP contribution in [0, 0.1) is 0 Å². The number of carbonyl (C=O) groups is 1. The van der Waals surface area contributed by atoms with E-state index in [-0.39, 0.29) is 12.0 Å². The Bertz CT molecular complexity index is 1060. The molecule has 1 aromatic heterocycles. The van der Waals surface area contributed by atoms with Crippen LogP contribution in [0.25, 0.3) is 11.3 Å². The molecule has 3 aromatic rings. The van der Waals surface area contributed by atoms with Crippen LogP contribution in [-0.2, 0) is 22.7 Å². The van der Waals surface area contributed by atoms with Crippen LogP contribution in [0.3, 0.4) is 0 Å². The first-order valence-electron chi connectivity index (χ1n) is 12.1. The lowest BCUT2D eigenvalue weighted by molar-refractivity contribution is -0.123. The molecular formula is C27H35N3O3Si. The molecule has 4 rings (SSSR count). The van der Waals surface area contributed by atoms with Gasteiger partial charge in [0.2, 0.25) is 5.91 Å². The number of hydrogen-bond donors (Lipinski definition) is 1. The van der Waals surface area contributed by atoms with Crippen molar-refractivity contribution in [2.75, 3.05) is 13.2 Å². The molecule has 7 heteroatoms. The summed E-state index contributed by atoms with van der Waals surface area (Å²) >= 11 is 0. The molecule has 1 fully saturated rings. The first-order chi connectivity index (χ1) is 16.4. The Balaban J connectivity index is 1.30. The average molecular weight is 478 g/mol. The van der Waals surface area contributed by atoms with E-state index in [1.54, 1.807) is 0 Å². The van der Waals surface area contributed by atoms with Crippen LogP contribution in [0.2, 0.25) is 25.7 Å². The van der Waals surface area contributed by atoms with Gasteiger partial charge in [-0.15, -0.1) is 0 Å². The predicted molar refractivity (Wildman–Crippen MR) is 138 cm³/mol. The SMILES string of the molecule is C[Si](C)(C)CCOCn1nccc1-c1ccc(Cc2ccc(OC3CCC(=O)NC3)cc2)cc1. The van der Waals surface area contributed by atoms with E-state index in [9.17, 15) is 4.79 Å². The fourth-order valence-corrected chi connectivity index (χ4v) is 4.69. The van der Waals surface area contributed by atoms with Gasteiger partial charge in [-0.3, -0.25) is 4.79 Å². The predicted octanol–water partition coefficient (Wildman–Crippen LogP) is 5.11. The normalized spacial score (nSPS) is 16.3. The molecule has 34 heavy (non-hydrogen) atoms. The summed E-state index contributed by atoms with van der Waals surface area (Å²) in [6.07, 6.45) is 4.04. The highest BCUT2D eigenvalue weighted by molar-refractivity contribution is 6.76. The largest absolute Gasteiger partial charge is 0.489 e. The fourth-order valence-electron chi connectivity index (χ4n) is 3.93. The number of nitrogens with one attached hydrogen (secondary N) is 1. The lowest BCUT2D eigenvalue weighted by Gasteiger charge is -2.23. The fraction of sp³-hybridized carbons (Fsp3) is 0.407. The van der Waals surface area contributed by atoms with E-state index >= 15 is 0 Å². The third kappa shape index (κ3) is 7.05. The molecule has 6 nitrogen and oxygen atoms in total. The molecular weight excluding hydrogens is 442 g/mol. The molecule has 1 saturated heterocycles. The van der Waals surface area contributed by atoms with Crippen molar-refractivity contribution in [3.05, 3.63) is 71.9 Å². The molecule has 0 saturated carbocycles. The standard InChI is InChI=1S/C27H35N3O3Si/c1-34(2,3)17-16-32-20-30-26(14-15-29-30)23-8-4-21(5-9-23)18-22-6-10-24(11-7-22)33-25-12-13-27(31)28-19-25/h4-11,14-15,25H,12-13,16-20H2,1-3H3,(H,28,31). The van der Waals surface area contributed by atoms with Gasteiger partial charge in [0.1, 0.15) is 18.6 Å². The van der Waals surface area contributed by atoms with Crippen molar-refractivity contribution in [3.63, 3.8) is 0 Å². The number of amides is 1. The van der Waals surface area contributed by atoms with Crippen LogP contribution in [0.15, 0.2) is 60.8 Å². The van der Waals surface area contributed by atoms with Crippen molar-refractivity contribution in [3.8, 4) is 17.0 Å². The van der Waals surface area contributed by atoms with Crippen LogP contribution >= 0.6 is 0 Å².